The summed E-state index contributed by atoms with van der Waals surface area (Å²) < 4.78 is 15.8. The van der Waals surface area contributed by atoms with Gasteiger partial charge in [-0.3, -0.25) is 4.98 Å². The van der Waals surface area contributed by atoms with Crippen molar-refractivity contribution in [1.29, 1.82) is 0 Å². The first-order valence-electron chi connectivity index (χ1n) is 5.67. The van der Waals surface area contributed by atoms with Crippen LogP contribution in [0.5, 0.6) is 11.5 Å². The number of esters is 1. The molecular formula is C13H10ClNO4. The molecule has 0 N–H and O–H groups in total. The van der Waals surface area contributed by atoms with Gasteiger partial charge in [0, 0.05) is 6.20 Å². The molecule has 0 atom stereocenters. The fraction of sp³-hybridized carbons (Fsp3) is 0.231. The number of hydrogen-bond acceptors (Lipinski definition) is 5. The van der Waals surface area contributed by atoms with Crippen molar-refractivity contribution in [3.8, 4) is 11.5 Å². The highest BCUT2D eigenvalue weighted by Gasteiger charge is 2.23. The second kappa shape index (κ2) is 4.59. The molecule has 1 aromatic carbocycles. The number of ether oxygens (including phenoxy) is 3. The Morgan fingerprint density at radius 1 is 1.32 bits per heavy atom. The molecule has 0 fully saturated rings. The Kier molecular flexibility index (Phi) is 2.91. The van der Waals surface area contributed by atoms with Crippen LogP contribution in [-0.4, -0.2) is 31.3 Å². The highest BCUT2D eigenvalue weighted by Crippen LogP contribution is 2.39. The fourth-order valence-electron chi connectivity index (χ4n) is 2.03. The summed E-state index contributed by atoms with van der Waals surface area (Å²) in [5, 5.41) is 1.02. The lowest BCUT2D eigenvalue weighted by Gasteiger charge is -2.11. The summed E-state index contributed by atoms with van der Waals surface area (Å²) in [5.41, 5.74) is 0.837. The van der Waals surface area contributed by atoms with E-state index in [1.165, 1.54) is 6.20 Å². The minimum absolute atomic E-state index is 0.205. The molecule has 0 amide bonds. The summed E-state index contributed by atoms with van der Waals surface area (Å²) >= 11 is 6.20. The van der Waals surface area contributed by atoms with Crippen molar-refractivity contribution in [2.45, 2.75) is 0 Å². The molecule has 1 aromatic heterocycles. The third-order valence-corrected chi connectivity index (χ3v) is 3.20. The van der Waals surface area contributed by atoms with Crippen molar-refractivity contribution in [3.63, 3.8) is 0 Å². The molecule has 2 aromatic rings. The van der Waals surface area contributed by atoms with E-state index >= 15 is 0 Å². The number of carbonyl (C=O) groups is 1. The number of benzene rings is 1. The van der Waals surface area contributed by atoms with Crippen LogP contribution < -0.4 is 9.47 Å². The quantitative estimate of drug-likeness (QED) is 0.751. The molecule has 3 rings (SSSR count). The van der Waals surface area contributed by atoms with E-state index in [9.17, 15) is 4.79 Å². The zero-order valence-corrected chi connectivity index (χ0v) is 10.9. The van der Waals surface area contributed by atoms with Gasteiger partial charge in [-0.1, -0.05) is 11.6 Å². The minimum Gasteiger partial charge on any atom is -0.494 e. The predicted molar refractivity (Wildman–Crippen MR) is 69.1 cm³/mol. The van der Waals surface area contributed by atoms with Crippen LogP contribution in [0.4, 0.5) is 0 Å². The van der Waals surface area contributed by atoms with Gasteiger partial charge in [0.15, 0.2) is 0 Å². The molecule has 0 radical (unpaired) electrons. The van der Waals surface area contributed by atoms with Gasteiger partial charge in [0.1, 0.15) is 35.8 Å². The van der Waals surface area contributed by atoms with E-state index in [-0.39, 0.29) is 18.8 Å². The molecule has 6 heteroatoms. The van der Waals surface area contributed by atoms with Crippen molar-refractivity contribution >= 4 is 28.5 Å². The number of halogens is 1. The number of aromatic nitrogens is 1. The zero-order valence-electron chi connectivity index (χ0n) is 10.1. The van der Waals surface area contributed by atoms with Crippen LogP contribution in [0.25, 0.3) is 10.9 Å². The SMILES string of the molecule is COc1ccc(Cl)c2c3c(cnc12)C(=O)OCCO3. The van der Waals surface area contributed by atoms with Crippen LogP contribution in [0.2, 0.25) is 5.02 Å². The molecule has 0 spiro atoms. The van der Waals surface area contributed by atoms with Gasteiger partial charge in [-0.2, -0.15) is 0 Å². The third kappa shape index (κ3) is 1.86. The second-order valence-corrected chi connectivity index (χ2v) is 4.37. The van der Waals surface area contributed by atoms with Crippen LogP contribution in [-0.2, 0) is 4.74 Å². The molecule has 1 aliphatic heterocycles. The molecule has 5 nitrogen and oxygen atoms in total. The molecule has 0 saturated heterocycles. The fourth-order valence-corrected chi connectivity index (χ4v) is 2.27. The molecule has 19 heavy (non-hydrogen) atoms. The number of cyclic esters (lactones) is 1. The number of carbonyl (C=O) groups excluding carboxylic acids is 1. The zero-order chi connectivity index (χ0) is 13.4. The Bertz CT molecular complexity index is 671. The predicted octanol–water partition coefficient (Wildman–Crippen LogP) is 2.45. The standard InChI is InChI=1S/C13H10ClNO4/c1-17-9-3-2-8(14)10-11(9)15-6-7-12(10)18-4-5-19-13(7)16/h2-3,6H,4-5H2,1H3. The molecule has 0 saturated carbocycles. The Morgan fingerprint density at radius 3 is 2.89 bits per heavy atom. The molecule has 98 valence electrons. The van der Waals surface area contributed by atoms with Crippen molar-refractivity contribution in [3.05, 3.63) is 28.9 Å². The van der Waals surface area contributed by atoms with Gasteiger partial charge in [0.05, 0.1) is 17.5 Å². The van der Waals surface area contributed by atoms with Crippen LogP contribution in [0, 0.1) is 0 Å². The van der Waals surface area contributed by atoms with E-state index in [0.29, 0.717) is 27.4 Å². The molecular weight excluding hydrogens is 270 g/mol. The summed E-state index contributed by atoms with van der Waals surface area (Å²) in [6, 6.07) is 3.41. The van der Waals surface area contributed by atoms with Gasteiger partial charge < -0.3 is 14.2 Å². The number of methoxy groups -OCH3 is 1. The highest BCUT2D eigenvalue weighted by atomic mass is 35.5. The first-order chi connectivity index (χ1) is 9.22. The second-order valence-electron chi connectivity index (χ2n) is 3.96. The van der Waals surface area contributed by atoms with Gasteiger partial charge in [-0.05, 0) is 12.1 Å². The van der Waals surface area contributed by atoms with Crippen molar-refractivity contribution < 1.29 is 19.0 Å². The van der Waals surface area contributed by atoms with Gasteiger partial charge in [-0.15, -0.1) is 0 Å². The van der Waals surface area contributed by atoms with Gasteiger partial charge >= 0.3 is 5.97 Å². The lowest BCUT2D eigenvalue weighted by molar-refractivity contribution is 0.0492. The van der Waals surface area contributed by atoms with E-state index in [2.05, 4.69) is 4.98 Å². The van der Waals surface area contributed by atoms with E-state index < -0.39 is 5.97 Å². The molecule has 2 heterocycles. The topological polar surface area (TPSA) is 57.7 Å². The Morgan fingerprint density at radius 2 is 2.11 bits per heavy atom. The first kappa shape index (κ1) is 12.0. The summed E-state index contributed by atoms with van der Waals surface area (Å²) in [6.07, 6.45) is 1.42. The Hall–Kier alpha value is -2.01. The van der Waals surface area contributed by atoms with Gasteiger partial charge in [0.25, 0.3) is 0 Å². The van der Waals surface area contributed by atoms with Crippen LogP contribution in [0.3, 0.4) is 0 Å². The first-order valence-corrected chi connectivity index (χ1v) is 6.05. The van der Waals surface area contributed by atoms with E-state index in [1.807, 2.05) is 0 Å². The number of fused-ring (bicyclic) bond motifs is 3. The maximum absolute atomic E-state index is 11.8. The summed E-state index contributed by atoms with van der Waals surface area (Å²) in [6.45, 7) is 0.488. The maximum Gasteiger partial charge on any atom is 0.343 e. The average Bonchev–Trinajstić information content (AvgIpc) is 2.61. The molecule has 0 unspecified atom stereocenters. The molecule has 0 bridgehead atoms. The summed E-state index contributed by atoms with van der Waals surface area (Å²) in [7, 11) is 1.55. The maximum atomic E-state index is 11.8. The number of rotatable bonds is 1. The monoisotopic (exact) mass is 279 g/mol. The van der Waals surface area contributed by atoms with E-state index in [4.69, 9.17) is 25.8 Å². The lowest BCUT2D eigenvalue weighted by atomic mass is 10.1. The number of pyridine rings is 1. The highest BCUT2D eigenvalue weighted by molar-refractivity contribution is 6.36. The van der Waals surface area contributed by atoms with Crippen LogP contribution in [0.15, 0.2) is 18.3 Å². The van der Waals surface area contributed by atoms with Crippen molar-refractivity contribution in [2.75, 3.05) is 20.3 Å². The molecule has 1 aliphatic rings. The summed E-state index contributed by atoms with van der Waals surface area (Å²) in [5.74, 6) is 0.514. The molecule has 0 aliphatic carbocycles. The van der Waals surface area contributed by atoms with Crippen molar-refractivity contribution in [1.82, 2.24) is 4.98 Å². The van der Waals surface area contributed by atoms with Crippen LogP contribution >= 0.6 is 11.6 Å². The van der Waals surface area contributed by atoms with Gasteiger partial charge in [-0.25, -0.2) is 4.79 Å². The van der Waals surface area contributed by atoms with Crippen LogP contribution in [0.1, 0.15) is 10.4 Å². The van der Waals surface area contributed by atoms with E-state index in [1.54, 1.807) is 19.2 Å². The van der Waals surface area contributed by atoms with Crippen molar-refractivity contribution in [2.24, 2.45) is 0 Å². The largest absolute Gasteiger partial charge is 0.494 e. The summed E-state index contributed by atoms with van der Waals surface area (Å²) in [4.78, 5) is 16.0. The van der Waals surface area contributed by atoms with E-state index in [0.717, 1.165) is 0 Å². The number of hydrogen-bond donors (Lipinski definition) is 0. The lowest BCUT2D eigenvalue weighted by Crippen LogP contribution is -2.05. The Balaban J connectivity index is 2.38. The number of nitrogens with zero attached hydrogens (tertiary/aromatic N) is 1. The minimum atomic E-state index is -0.458. The smallest absolute Gasteiger partial charge is 0.343 e. The third-order valence-electron chi connectivity index (χ3n) is 2.89. The average molecular weight is 280 g/mol. The normalized spacial score (nSPS) is 14.3. The van der Waals surface area contributed by atoms with Gasteiger partial charge in [0.2, 0.25) is 0 Å². The Labute approximate surface area is 114 Å².